The maximum atomic E-state index is 3.56. The molecule has 2 nitrogen and oxygen atoms in total. The fraction of sp³-hybridized carbons (Fsp3) is 0.444. The highest BCUT2D eigenvalue weighted by molar-refractivity contribution is 5.25. The van der Waals surface area contributed by atoms with Gasteiger partial charge in [-0.2, -0.15) is 0 Å². The van der Waals surface area contributed by atoms with E-state index in [-0.39, 0.29) is 0 Å². The van der Waals surface area contributed by atoms with Crippen molar-refractivity contribution in [2.45, 2.75) is 51.7 Å². The molecule has 3 rings (SSSR count). The van der Waals surface area contributed by atoms with Gasteiger partial charge in [0.15, 0.2) is 0 Å². The summed E-state index contributed by atoms with van der Waals surface area (Å²) in [6.45, 7) is 6.44. The van der Waals surface area contributed by atoms with Gasteiger partial charge >= 0.3 is 0 Å². The van der Waals surface area contributed by atoms with Gasteiger partial charge in [0.2, 0.25) is 0 Å². The molecule has 0 radical (unpaired) electrons. The van der Waals surface area contributed by atoms with Gasteiger partial charge in [0.25, 0.3) is 0 Å². The first-order valence-electron chi connectivity index (χ1n) is 7.67. The first-order valence-corrected chi connectivity index (χ1v) is 7.67. The van der Waals surface area contributed by atoms with Crippen LogP contribution >= 0.6 is 0 Å². The Labute approximate surface area is 121 Å². The van der Waals surface area contributed by atoms with E-state index >= 15 is 0 Å². The largest absolute Gasteiger partial charge is 0.350 e. The van der Waals surface area contributed by atoms with Crippen LogP contribution in [0.15, 0.2) is 42.7 Å². The number of nitrogens with one attached hydrogen (secondary N) is 1. The molecule has 0 atom stereocenters. The summed E-state index contributed by atoms with van der Waals surface area (Å²) in [5.74, 6) is 0.607. The van der Waals surface area contributed by atoms with Crippen molar-refractivity contribution in [2.24, 2.45) is 0 Å². The fourth-order valence-corrected chi connectivity index (χ4v) is 2.46. The average molecular weight is 268 g/mol. The van der Waals surface area contributed by atoms with E-state index in [0.717, 1.165) is 19.1 Å². The number of aromatic nitrogens is 1. The molecule has 0 aliphatic heterocycles. The van der Waals surface area contributed by atoms with Gasteiger partial charge in [-0.15, -0.1) is 0 Å². The number of hydrogen-bond acceptors (Lipinski definition) is 1. The molecule has 2 aromatic rings. The summed E-state index contributed by atoms with van der Waals surface area (Å²) in [5, 5.41) is 3.56. The molecular weight excluding hydrogens is 244 g/mol. The molecule has 1 N–H and O–H groups in total. The first kappa shape index (κ1) is 13.4. The molecule has 2 heteroatoms. The van der Waals surface area contributed by atoms with Crippen LogP contribution in [0.5, 0.6) is 0 Å². The zero-order valence-corrected chi connectivity index (χ0v) is 12.5. The van der Waals surface area contributed by atoms with Gasteiger partial charge in [-0.3, -0.25) is 0 Å². The second-order valence-electron chi connectivity index (χ2n) is 6.24. The SMILES string of the molecule is CC(C)c1ccc(Cn2ccc(CNC3CC3)c2)cc1. The molecule has 0 spiro atoms. The predicted molar refractivity (Wildman–Crippen MR) is 83.9 cm³/mol. The summed E-state index contributed by atoms with van der Waals surface area (Å²) in [5.41, 5.74) is 4.16. The lowest BCUT2D eigenvalue weighted by Gasteiger charge is -2.07. The smallest absolute Gasteiger partial charge is 0.0470 e. The molecule has 1 heterocycles. The third-order valence-corrected chi connectivity index (χ3v) is 4.00. The quantitative estimate of drug-likeness (QED) is 0.840. The minimum absolute atomic E-state index is 0.607. The third kappa shape index (κ3) is 3.51. The van der Waals surface area contributed by atoms with E-state index in [2.05, 4.69) is 66.5 Å². The molecule has 1 aromatic heterocycles. The van der Waals surface area contributed by atoms with E-state index in [1.54, 1.807) is 0 Å². The van der Waals surface area contributed by atoms with Crippen LogP contribution in [0.3, 0.4) is 0 Å². The van der Waals surface area contributed by atoms with Crippen LogP contribution < -0.4 is 5.32 Å². The highest BCUT2D eigenvalue weighted by Gasteiger charge is 2.19. The molecule has 1 aliphatic carbocycles. The monoisotopic (exact) mass is 268 g/mol. The molecule has 0 bridgehead atoms. The van der Waals surface area contributed by atoms with Crippen molar-refractivity contribution < 1.29 is 0 Å². The molecule has 1 fully saturated rings. The lowest BCUT2D eigenvalue weighted by molar-refractivity contribution is 0.685. The van der Waals surface area contributed by atoms with E-state index in [9.17, 15) is 0 Å². The summed E-state index contributed by atoms with van der Waals surface area (Å²) in [7, 11) is 0. The van der Waals surface area contributed by atoms with E-state index in [4.69, 9.17) is 0 Å². The Kier molecular flexibility index (Phi) is 3.93. The van der Waals surface area contributed by atoms with E-state index < -0.39 is 0 Å². The van der Waals surface area contributed by atoms with Gasteiger partial charge in [0, 0.05) is 31.5 Å². The maximum absolute atomic E-state index is 3.56. The molecule has 0 amide bonds. The second kappa shape index (κ2) is 5.84. The Morgan fingerprint density at radius 2 is 1.85 bits per heavy atom. The van der Waals surface area contributed by atoms with E-state index in [0.29, 0.717) is 5.92 Å². The first-order chi connectivity index (χ1) is 9.70. The Morgan fingerprint density at radius 1 is 1.10 bits per heavy atom. The second-order valence-corrected chi connectivity index (χ2v) is 6.24. The summed E-state index contributed by atoms with van der Waals surface area (Å²) in [6, 6.07) is 12.0. The number of benzene rings is 1. The van der Waals surface area contributed by atoms with Crippen LogP contribution in [0.4, 0.5) is 0 Å². The fourth-order valence-electron chi connectivity index (χ4n) is 2.46. The maximum Gasteiger partial charge on any atom is 0.0470 e. The van der Waals surface area contributed by atoms with Gasteiger partial charge in [-0.1, -0.05) is 38.1 Å². The predicted octanol–water partition coefficient (Wildman–Crippen LogP) is 3.91. The third-order valence-electron chi connectivity index (χ3n) is 4.00. The molecular formula is C18H24N2. The van der Waals surface area contributed by atoms with Crippen molar-refractivity contribution in [3.8, 4) is 0 Å². The summed E-state index contributed by atoms with van der Waals surface area (Å²) < 4.78 is 2.27. The van der Waals surface area contributed by atoms with Gasteiger partial charge in [-0.05, 0) is 41.5 Å². The van der Waals surface area contributed by atoms with Gasteiger partial charge in [0.1, 0.15) is 0 Å². The van der Waals surface area contributed by atoms with E-state index in [1.807, 2.05) is 0 Å². The minimum atomic E-state index is 0.607. The van der Waals surface area contributed by atoms with Gasteiger partial charge in [-0.25, -0.2) is 0 Å². The van der Waals surface area contributed by atoms with Crippen LogP contribution in [0.2, 0.25) is 0 Å². The van der Waals surface area contributed by atoms with Crippen molar-refractivity contribution in [3.63, 3.8) is 0 Å². The lowest BCUT2D eigenvalue weighted by atomic mass is 10.0. The highest BCUT2D eigenvalue weighted by atomic mass is 15.0. The van der Waals surface area contributed by atoms with Crippen LogP contribution in [0, 0.1) is 0 Å². The average Bonchev–Trinajstić information content (AvgIpc) is 3.17. The molecule has 1 saturated carbocycles. The van der Waals surface area contributed by atoms with Crippen LogP contribution in [0.1, 0.15) is 49.3 Å². The molecule has 1 aliphatic rings. The van der Waals surface area contributed by atoms with Crippen molar-refractivity contribution in [1.29, 1.82) is 0 Å². The number of nitrogens with zero attached hydrogens (tertiary/aromatic N) is 1. The highest BCUT2D eigenvalue weighted by Crippen LogP contribution is 2.19. The molecule has 0 saturated heterocycles. The normalized spacial score (nSPS) is 14.9. The van der Waals surface area contributed by atoms with E-state index in [1.165, 1.54) is 29.5 Å². The Balaban J connectivity index is 1.58. The Hall–Kier alpha value is -1.54. The van der Waals surface area contributed by atoms with Crippen molar-refractivity contribution in [3.05, 3.63) is 59.4 Å². The minimum Gasteiger partial charge on any atom is -0.350 e. The van der Waals surface area contributed by atoms with Crippen LogP contribution in [-0.4, -0.2) is 10.6 Å². The summed E-state index contributed by atoms with van der Waals surface area (Å²) in [4.78, 5) is 0. The lowest BCUT2D eigenvalue weighted by Crippen LogP contribution is -2.14. The van der Waals surface area contributed by atoms with Crippen LogP contribution in [-0.2, 0) is 13.1 Å². The Morgan fingerprint density at radius 3 is 2.50 bits per heavy atom. The van der Waals surface area contributed by atoms with Crippen molar-refractivity contribution >= 4 is 0 Å². The van der Waals surface area contributed by atoms with Crippen molar-refractivity contribution in [1.82, 2.24) is 9.88 Å². The summed E-state index contributed by atoms with van der Waals surface area (Å²) >= 11 is 0. The molecule has 20 heavy (non-hydrogen) atoms. The molecule has 0 unspecified atom stereocenters. The number of hydrogen-bond donors (Lipinski definition) is 1. The van der Waals surface area contributed by atoms with Gasteiger partial charge < -0.3 is 9.88 Å². The van der Waals surface area contributed by atoms with Crippen molar-refractivity contribution in [2.75, 3.05) is 0 Å². The topological polar surface area (TPSA) is 17.0 Å². The summed E-state index contributed by atoms with van der Waals surface area (Å²) in [6.07, 6.45) is 7.14. The van der Waals surface area contributed by atoms with Gasteiger partial charge in [0.05, 0.1) is 0 Å². The Bertz CT molecular complexity index is 547. The molecule has 1 aromatic carbocycles. The van der Waals surface area contributed by atoms with Crippen LogP contribution in [0.25, 0.3) is 0 Å². The standard InChI is InChI=1S/C18H24N2/c1-14(2)17-5-3-15(4-6-17)12-20-10-9-16(13-20)11-19-18-7-8-18/h3-6,9-10,13-14,18-19H,7-8,11-12H2,1-2H3. The zero-order valence-electron chi connectivity index (χ0n) is 12.5. The zero-order chi connectivity index (χ0) is 13.9. The molecule has 106 valence electrons. The number of rotatable bonds is 6.